The van der Waals surface area contributed by atoms with E-state index in [0.717, 1.165) is 17.7 Å². The van der Waals surface area contributed by atoms with Crippen molar-refractivity contribution in [2.24, 2.45) is 0 Å². The molecule has 0 N–H and O–H groups in total. The molecule has 1 aromatic rings. The highest BCUT2D eigenvalue weighted by Crippen LogP contribution is 2.20. The predicted molar refractivity (Wildman–Crippen MR) is 84.2 cm³/mol. The van der Waals surface area contributed by atoms with Gasteiger partial charge < -0.3 is 9.64 Å². The van der Waals surface area contributed by atoms with Crippen molar-refractivity contribution in [2.45, 2.75) is 12.8 Å². The highest BCUT2D eigenvalue weighted by Gasteiger charge is 2.26. The summed E-state index contributed by atoms with van der Waals surface area (Å²) in [6.07, 6.45) is 4.27. The third kappa shape index (κ3) is 3.19. The normalized spacial score (nSPS) is 16.8. The Hall–Kier alpha value is -2.96. The van der Waals surface area contributed by atoms with E-state index in [1.54, 1.807) is 17.0 Å². The summed E-state index contributed by atoms with van der Waals surface area (Å²) in [7, 11) is 0. The second kappa shape index (κ2) is 6.66. The summed E-state index contributed by atoms with van der Waals surface area (Å²) >= 11 is 0. The molecule has 7 nitrogen and oxygen atoms in total. The third-order valence-corrected chi connectivity index (χ3v) is 3.93. The van der Waals surface area contributed by atoms with Crippen LogP contribution >= 0.6 is 0 Å². The number of amides is 3. The molecule has 3 amide bonds. The van der Waals surface area contributed by atoms with Crippen LogP contribution in [0.2, 0.25) is 0 Å². The zero-order valence-electron chi connectivity index (χ0n) is 12.9. The molecule has 7 heteroatoms. The van der Waals surface area contributed by atoms with Crippen molar-refractivity contribution in [3.05, 3.63) is 42.0 Å². The van der Waals surface area contributed by atoms with Crippen LogP contribution < -0.4 is 4.90 Å². The van der Waals surface area contributed by atoms with Crippen LogP contribution in [-0.4, -0.2) is 48.3 Å². The zero-order valence-corrected chi connectivity index (χ0v) is 12.9. The SMILES string of the molecule is O=C(OCC(=O)N1CCCC1)c1cccc(N2C(=O)C=CC2=O)c1. The van der Waals surface area contributed by atoms with Gasteiger partial charge in [0.25, 0.3) is 17.7 Å². The van der Waals surface area contributed by atoms with Gasteiger partial charge in [0.15, 0.2) is 6.61 Å². The van der Waals surface area contributed by atoms with E-state index in [-0.39, 0.29) is 23.8 Å². The number of carbonyl (C=O) groups is 4. The van der Waals surface area contributed by atoms with Crippen LogP contribution in [-0.2, 0) is 19.1 Å². The Morgan fingerprint density at radius 2 is 1.71 bits per heavy atom. The Morgan fingerprint density at radius 1 is 1.04 bits per heavy atom. The van der Waals surface area contributed by atoms with Crippen molar-refractivity contribution < 1.29 is 23.9 Å². The molecule has 24 heavy (non-hydrogen) atoms. The molecule has 1 aromatic carbocycles. The predicted octanol–water partition coefficient (Wildman–Crippen LogP) is 0.895. The molecule has 0 bridgehead atoms. The lowest BCUT2D eigenvalue weighted by Gasteiger charge is -2.16. The number of benzene rings is 1. The van der Waals surface area contributed by atoms with E-state index in [0.29, 0.717) is 13.1 Å². The second-order valence-electron chi connectivity index (χ2n) is 5.56. The number of ether oxygens (including phenoxy) is 1. The third-order valence-electron chi connectivity index (χ3n) is 3.93. The van der Waals surface area contributed by atoms with Crippen LogP contribution in [0, 0.1) is 0 Å². The summed E-state index contributed by atoms with van der Waals surface area (Å²) in [5.74, 6) is -1.81. The number of anilines is 1. The maximum atomic E-state index is 12.1. The van der Waals surface area contributed by atoms with Crippen LogP contribution in [0.1, 0.15) is 23.2 Å². The molecule has 2 aliphatic heterocycles. The van der Waals surface area contributed by atoms with E-state index in [9.17, 15) is 19.2 Å². The van der Waals surface area contributed by atoms with Crippen LogP contribution in [0.15, 0.2) is 36.4 Å². The van der Waals surface area contributed by atoms with Crippen molar-refractivity contribution in [1.82, 2.24) is 4.90 Å². The van der Waals surface area contributed by atoms with E-state index in [2.05, 4.69) is 0 Å². The number of likely N-dealkylation sites (tertiary alicyclic amines) is 1. The topological polar surface area (TPSA) is 84.0 Å². The van der Waals surface area contributed by atoms with Gasteiger partial charge in [-0.15, -0.1) is 0 Å². The summed E-state index contributed by atoms with van der Waals surface area (Å²) < 4.78 is 5.04. The van der Waals surface area contributed by atoms with Gasteiger partial charge in [0, 0.05) is 25.2 Å². The fraction of sp³-hybridized carbons (Fsp3) is 0.294. The first kappa shape index (κ1) is 15.9. The molecule has 0 aromatic heterocycles. The Kier molecular flexibility index (Phi) is 4.41. The summed E-state index contributed by atoms with van der Waals surface area (Å²) in [6, 6.07) is 6.00. The van der Waals surface area contributed by atoms with E-state index < -0.39 is 17.8 Å². The number of carbonyl (C=O) groups excluding carboxylic acids is 4. The zero-order chi connectivity index (χ0) is 17.1. The van der Waals surface area contributed by atoms with E-state index in [1.807, 2.05) is 0 Å². The molecule has 2 aliphatic rings. The molecule has 1 saturated heterocycles. The van der Waals surface area contributed by atoms with Gasteiger partial charge in [0.05, 0.1) is 11.3 Å². The molecule has 0 unspecified atom stereocenters. The summed E-state index contributed by atoms with van der Waals surface area (Å²) in [6.45, 7) is 1.07. The molecular weight excluding hydrogens is 312 g/mol. The first-order valence-corrected chi connectivity index (χ1v) is 7.67. The van der Waals surface area contributed by atoms with E-state index in [1.165, 1.54) is 24.3 Å². The van der Waals surface area contributed by atoms with E-state index >= 15 is 0 Å². The maximum absolute atomic E-state index is 12.1. The minimum absolute atomic E-state index is 0.175. The average Bonchev–Trinajstić information content (AvgIpc) is 3.23. The largest absolute Gasteiger partial charge is 0.452 e. The van der Waals surface area contributed by atoms with Crippen molar-refractivity contribution in [2.75, 3.05) is 24.6 Å². The molecule has 0 radical (unpaired) electrons. The first-order valence-electron chi connectivity index (χ1n) is 7.67. The van der Waals surface area contributed by atoms with Gasteiger partial charge in [-0.3, -0.25) is 14.4 Å². The van der Waals surface area contributed by atoms with Crippen LogP contribution in [0.4, 0.5) is 5.69 Å². The van der Waals surface area contributed by atoms with E-state index in [4.69, 9.17) is 4.74 Å². The van der Waals surface area contributed by atoms with Gasteiger partial charge in [-0.2, -0.15) is 0 Å². The fourth-order valence-electron chi connectivity index (χ4n) is 2.70. The van der Waals surface area contributed by atoms with Gasteiger partial charge in [-0.05, 0) is 31.0 Å². The molecule has 1 fully saturated rings. The molecule has 0 atom stereocenters. The van der Waals surface area contributed by atoms with Crippen LogP contribution in [0.3, 0.4) is 0 Å². The van der Waals surface area contributed by atoms with Gasteiger partial charge in [-0.1, -0.05) is 6.07 Å². The molecule has 3 rings (SSSR count). The smallest absolute Gasteiger partial charge is 0.338 e. The lowest BCUT2D eigenvalue weighted by molar-refractivity contribution is -0.133. The van der Waals surface area contributed by atoms with Gasteiger partial charge in [0.2, 0.25) is 0 Å². The molecule has 124 valence electrons. The van der Waals surface area contributed by atoms with Crippen molar-refractivity contribution in [3.63, 3.8) is 0 Å². The molecule has 0 spiro atoms. The van der Waals surface area contributed by atoms with Gasteiger partial charge in [-0.25, -0.2) is 9.69 Å². The van der Waals surface area contributed by atoms with Gasteiger partial charge in [0.1, 0.15) is 0 Å². The molecular formula is C17H16N2O5. The molecule has 0 aliphatic carbocycles. The first-order chi connectivity index (χ1) is 11.6. The summed E-state index contributed by atoms with van der Waals surface area (Å²) in [5.41, 5.74) is 0.463. The average molecular weight is 328 g/mol. The minimum Gasteiger partial charge on any atom is -0.452 e. The number of hydrogen-bond donors (Lipinski definition) is 0. The molecule has 2 heterocycles. The minimum atomic E-state index is -0.670. The van der Waals surface area contributed by atoms with Crippen molar-refractivity contribution in [3.8, 4) is 0 Å². The monoisotopic (exact) mass is 328 g/mol. The maximum Gasteiger partial charge on any atom is 0.338 e. The Balaban J connectivity index is 1.65. The number of nitrogens with zero attached hydrogens (tertiary/aromatic N) is 2. The van der Waals surface area contributed by atoms with Gasteiger partial charge >= 0.3 is 5.97 Å². The second-order valence-corrected chi connectivity index (χ2v) is 5.56. The quantitative estimate of drug-likeness (QED) is 0.605. The number of hydrogen-bond acceptors (Lipinski definition) is 5. The number of rotatable bonds is 4. The Labute approximate surface area is 138 Å². The van der Waals surface area contributed by atoms with Crippen molar-refractivity contribution in [1.29, 1.82) is 0 Å². The van der Waals surface area contributed by atoms with Crippen molar-refractivity contribution >= 4 is 29.4 Å². The highest BCUT2D eigenvalue weighted by atomic mass is 16.5. The Bertz CT molecular complexity index is 716. The van der Waals surface area contributed by atoms with Crippen LogP contribution in [0.5, 0.6) is 0 Å². The molecule has 0 saturated carbocycles. The lowest BCUT2D eigenvalue weighted by Crippen LogP contribution is -2.32. The standard InChI is InChI=1S/C17H16N2O5/c20-14-6-7-15(21)19(14)13-5-3-4-12(10-13)17(23)24-11-16(22)18-8-1-2-9-18/h3-7,10H,1-2,8-9,11H2. The Morgan fingerprint density at radius 3 is 2.38 bits per heavy atom. The number of esters is 1. The fourth-order valence-corrected chi connectivity index (χ4v) is 2.70. The highest BCUT2D eigenvalue weighted by molar-refractivity contribution is 6.28. The van der Waals surface area contributed by atoms with Crippen LogP contribution in [0.25, 0.3) is 0 Å². The summed E-state index contributed by atoms with van der Waals surface area (Å²) in [4.78, 5) is 50.0. The lowest BCUT2D eigenvalue weighted by atomic mass is 10.2. The summed E-state index contributed by atoms with van der Waals surface area (Å²) in [5, 5.41) is 0. The number of imide groups is 1.